The minimum absolute atomic E-state index is 0.0884. The Kier molecular flexibility index (Phi) is 8.03. The summed E-state index contributed by atoms with van der Waals surface area (Å²) in [6.07, 6.45) is 3.77. The van der Waals surface area contributed by atoms with Gasteiger partial charge in [-0.1, -0.05) is 39.0 Å². The number of carbonyl (C=O) groups excluding carboxylic acids is 3. The molecule has 0 aliphatic carbocycles. The number of nitrogens with one attached hydrogen (secondary N) is 1. The fourth-order valence-electron chi connectivity index (χ4n) is 3.73. The maximum absolute atomic E-state index is 13.4. The topological polar surface area (TPSA) is 129 Å². The van der Waals surface area contributed by atoms with Crippen LogP contribution in [0.4, 0.5) is 5.82 Å². The number of ketones is 2. The first kappa shape index (κ1) is 27.8. The quantitative estimate of drug-likeness (QED) is 0.227. The van der Waals surface area contributed by atoms with Gasteiger partial charge in [-0.25, -0.2) is 0 Å². The highest BCUT2D eigenvalue weighted by Gasteiger charge is 2.29. The Hall–Kier alpha value is -4.22. The van der Waals surface area contributed by atoms with Crippen molar-refractivity contribution in [3.05, 3.63) is 92.1 Å². The lowest BCUT2D eigenvalue weighted by Crippen LogP contribution is -2.29. The Morgan fingerprint density at radius 3 is 2.51 bits per heavy atom. The molecule has 0 saturated heterocycles. The molecule has 0 bridgehead atoms. The number of carbonyl (C=O) groups is 3. The van der Waals surface area contributed by atoms with Gasteiger partial charge in [0.25, 0.3) is 11.5 Å². The van der Waals surface area contributed by atoms with Crippen LogP contribution in [0.1, 0.15) is 51.2 Å². The smallest absolute Gasteiger partial charge is 0.254 e. The number of anilines is 1. The molecule has 0 spiro atoms. The van der Waals surface area contributed by atoms with E-state index in [1.807, 2.05) is 6.07 Å². The van der Waals surface area contributed by atoms with Gasteiger partial charge in [0.15, 0.2) is 11.6 Å². The van der Waals surface area contributed by atoms with E-state index < -0.39 is 29.1 Å². The molecule has 0 saturated carbocycles. The van der Waals surface area contributed by atoms with Crippen LogP contribution in [0, 0.1) is 5.41 Å². The van der Waals surface area contributed by atoms with Crippen molar-refractivity contribution in [2.45, 2.75) is 33.9 Å². The summed E-state index contributed by atoms with van der Waals surface area (Å²) in [5.74, 6) is -0.870. The normalized spacial score (nSPS) is 11.3. The highest BCUT2D eigenvalue weighted by molar-refractivity contribution is 7.16. The molecule has 12 heteroatoms. The van der Waals surface area contributed by atoms with Gasteiger partial charge in [0, 0.05) is 33.6 Å². The number of hydrogen-bond donors (Lipinski definition) is 1. The molecule has 1 N–H and O–H groups in total. The Morgan fingerprint density at radius 2 is 1.90 bits per heavy atom. The maximum atomic E-state index is 13.4. The van der Waals surface area contributed by atoms with E-state index >= 15 is 0 Å². The highest BCUT2D eigenvalue weighted by Crippen LogP contribution is 2.29. The molecular formula is C27H25ClN6O4S. The number of aromatic nitrogens is 5. The lowest BCUT2D eigenvalue weighted by Gasteiger charge is -2.18. The molecule has 0 radical (unpaired) electrons. The molecule has 0 aliphatic rings. The van der Waals surface area contributed by atoms with Crippen LogP contribution in [-0.4, -0.2) is 42.0 Å². The SMILES string of the molecule is C=CC(=O)c1ccc(=O)n(CC(=O)c2ccnnc2)c1-c1cc(NCc2ccc(Cl)s2)n(C(=O)C(C)(C)C)n1. The second kappa shape index (κ2) is 11.3. The number of pyridine rings is 1. The lowest BCUT2D eigenvalue weighted by atomic mass is 9.96. The van der Waals surface area contributed by atoms with Crippen LogP contribution in [0.2, 0.25) is 4.34 Å². The van der Waals surface area contributed by atoms with E-state index in [2.05, 4.69) is 27.2 Å². The van der Waals surface area contributed by atoms with Crippen molar-refractivity contribution in [3.63, 3.8) is 0 Å². The van der Waals surface area contributed by atoms with E-state index in [0.717, 1.165) is 15.5 Å². The highest BCUT2D eigenvalue weighted by atomic mass is 35.5. The number of allylic oxidation sites excluding steroid dienone is 1. The number of hydrogen-bond acceptors (Lipinski definition) is 9. The van der Waals surface area contributed by atoms with E-state index in [9.17, 15) is 19.2 Å². The van der Waals surface area contributed by atoms with E-state index in [0.29, 0.717) is 16.7 Å². The van der Waals surface area contributed by atoms with Crippen molar-refractivity contribution in [3.8, 4) is 11.4 Å². The monoisotopic (exact) mass is 564 g/mol. The van der Waals surface area contributed by atoms with Crippen molar-refractivity contribution in [2.24, 2.45) is 5.41 Å². The van der Waals surface area contributed by atoms with Crippen LogP contribution in [0.25, 0.3) is 11.4 Å². The molecule has 0 unspecified atom stereocenters. The summed E-state index contributed by atoms with van der Waals surface area (Å²) in [5.41, 5.74) is -0.732. The summed E-state index contributed by atoms with van der Waals surface area (Å²) in [6, 6.07) is 9.26. The third-order valence-corrected chi connectivity index (χ3v) is 6.93. The standard InChI is InChI=1S/C27H25ClN6O4S/c1-5-20(35)18-7-9-24(37)33(15-21(36)16-10-11-30-31-13-16)25(18)19-12-23(29-14-17-6-8-22(28)39-17)34(32-19)26(38)27(2,3)4/h5-13,29H,1,14-15H2,2-4H3. The Balaban J connectivity index is 1.87. The van der Waals surface area contributed by atoms with Crippen LogP contribution in [0.3, 0.4) is 0 Å². The minimum Gasteiger partial charge on any atom is -0.365 e. The van der Waals surface area contributed by atoms with Crippen molar-refractivity contribution in [2.75, 3.05) is 5.32 Å². The second-order valence-corrected chi connectivity index (χ2v) is 11.4. The fourth-order valence-corrected chi connectivity index (χ4v) is 4.76. The summed E-state index contributed by atoms with van der Waals surface area (Å²) in [4.78, 5) is 53.2. The molecule has 0 aliphatic heterocycles. The van der Waals surface area contributed by atoms with Gasteiger partial charge in [-0.2, -0.15) is 20.0 Å². The predicted molar refractivity (Wildman–Crippen MR) is 150 cm³/mol. The number of Topliss-reactive ketones (excluding diaryl/α,β-unsaturated/α-hetero) is 1. The van der Waals surface area contributed by atoms with Gasteiger partial charge < -0.3 is 5.32 Å². The Labute approximate surface area is 233 Å². The van der Waals surface area contributed by atoms with Crippen LogP contribution < -0.4 is 10.9 Å². The second-order valence-electron chi connectivity index (χ2n) is 9.58. The van der Waals surface area contributed by atoms with Crippen molar-refractivity contribution in [1.82, 2.24) is 24.5 Å². The lowest BCUT2D eigenvalue weighted by molar-refractivity contribution is 0.0752. The predicted octanol–water partition coefficient (Wildman–Crippen LogP) is 4.77. The molecule has 0 aromatic carbocycles. The average Bonchev–Trinajstić information content (AvgIpc) is 3.53. The van der Waals surface area contributed by atoms with Crippen LogP contribution in [0.15, 0.2) is 66.2 Å². The first-order chi connectivity index (χ1) is 18.5. The van der Waals surface area contributed by atoms with Crippen LogP contribution in [-0.2, 0) is 13.1 Å². The molecular weight excluding hydrogens is 540 g/mol. The van der Waals surface area contributed by atoms with Crippen LogP contribution >= 0.6 is 22.9 Å². The molecule has 10 nitrogen and oxygen atoms in total. The Morgan fingerprint density at radius 1 is 1.13 bits per heavy atom. The molecule has 4 rings (SSSR count). The average molecular weight is 565 g/mol. The van der Waals surface area contributed by atoms with E-state index in [4.69, 9.17) is 11.6 Å². The van der Waals surface area contributed by atoms with Gasteiger partial charge in [0.05, 0.1) is 35.5 Å². The molecule has 4 aromatic heterocycles. The zero-order chi connectivity index (χ0) is 28.3. The van der Waals surface area contributed by atoms with Crippen LogP contribution in [0.5, 0.6) is 0 Å². The number of rotatable bonds is 9. The molecule has 0 amide bonds. The molecule has 0 atom stereocenters. The third-order valence-electron chi connectivity index (χ3n) is 5.70. The molecule has 0 fully saturated rings. The number of nitrogens with zero attached hydrogens (tertiary/aromatic N) is 5. The van der Waals surface area contributed by atoms with Gasteiger partial charge in [-0.05, 0) is 30.3 Å². The van der Waals surface area contributed by atoms with E-state index in [1.54, 1.807) is 32.9 Å². The van der Waals surface area contributed by atoms with Gasteiger partial charge in [-0.3, -0.25) is 23.7 Å². The summed E-state index contributed by atoms with van der Waals surface area (Å²) < 4.78 is 3.00. The molecule has 4 aromatic rings. The fraction of sp³-hybridized carbons (Fsp3) is 0.222. The van der Waals surface area contributed by atoms with E-state index in [1.165, 1.54) is 46.6 Å². The summed E-state index contributed by atoms with van der Waals surface area (Å²) >= 11 is 7.45. The molecule has 4 heterocycles. The molecule has 200 valence electrons. The molecule has 39 heavy (non-hydrogen) atoms. The van der Waals surface area contributed by atoms with Gasteiger partial charge in [-0.15, -0.1) is 11.3 Å². The van der Waals surface area contributed by atoms with Gasteiger partial charge in [0.2, 0.25) is 0 Å². The summed E-state index contributed by atoms with van der Waals surface area (Å²) in [6.45, 7) is 8.79. The third kappa shape index (κ3) is 6.10. The number of thiophene rings is 1. The largest absolute Gasteiger partial charge is 0.365 e. The number of halogens is 1. The maximum Gasteiger partial charge on any atom is 0.254 e. The first-order valence-electron chi connectivity index (χ1n) is 11.8. The first-order valence-corrected chi connectivity index (χ1v) is 13.0. The van der Waals surface area contributed by atoms with Gasteiger partial charge >= 0.3 is 0 Å². The van der Waals surface area contributed by atoms with E-state index in [-0.39, 0.29) is 28.4 Å². The Bertz CT molecular complexity index is 1630. The zero-order valence-electron chi connectivity index (χ0n) is 21.5. The van der Waals surface area contributed by atoms with Crippen molar-refractivity contribution >= 4 is 46.2 Å². The van der Waals surface area contributed by atoms with Crippen molar-refractivity contribution in [1.29, 1.82) is 0 Å². The summed E-state index contributed by atoms with van der Waals surface area (Å²) in [7, 11) is 0. The van der Waals surface area contributed by atoms with Crippen molar-refractivity contribution < 1.29 is 14.4 Å². The van der Waals surface area contributed by atoms with Gasteiger partial charge in [0.1, 0.15) is 11.5 Å². The zero-order valence-corrected chi connectivity index (χ0v) is 23.0. The summed E-state index contributed by atoms with van der Waals surface area (Å²) in [5, 5.41) is 15.1. The minimum atomic E-state index is -0.799.